The summed E-state index contributed by atoms with van der Waals surface area (Å²) in [5, 5.41) is 13.5. The summed E-state index contributed by atoms with van der Waals surface area (Å²) in [6.45, 7) is 1.60. The van der Waals surface area contributed by atoms with Crippen molar-refractivity contribution in [3.05, 3.63) is 59.2 Å². The molecular weight excluding hydrogens is 427 g/mol. The molecule has 0 spiro atoms. The SMILES string of the molecule is Cc1nnnn1-c1cc(NC(=O)c2ccc3c(c2)S(=O)(=O)N(C2CC2)C3=O)ccc1F. The van der Waals surface area contributed by atoms with E-state index >= 15 is 0 Å². The van der Waals surface area contributed by atoms with Crippen LogP contribution in [0.2, 0.25) is 0 Å². The topological polar surface area (TPSA) is 127 Å². The second-order valence-corrected chi connectivity index (χ2v) is 9.09. The highest BCUT2D eigenvalue weighted by molar-refractivity contribution is 7.90. The summed E-state index contributed by atoms with van der Waals surface area (Å²) in [5.74, 6) is -1.41. The Hall–Kier alpha value is -3.67. The number of carbonyl (C=O) groups excluding carboxylic acids is 2. The smallest absolute Gasteiger partial charge is 0.269 e. The Labute approximate surface area is 175 Å². The Morgan fingerprint density at radius 3 is 2.65 bits per heavy atom. The van der Waals surface area contributed by atoms with Gasteiger partial charge in [-0.25, -0.2) is 17.1 Å². The van der Waals surface area contributed by atoms with Crippen LogP contribution in [-0.2, 0) is 10.0 Å². The maximum atomic E-state index is 14.2. The van der Waals surface area contributed by atoms with Crippen molar-refractivity contribution in [2.24, 2.45) is 0 Å². The average Bonchev–Trinajstić information content (AvgIpc) is 3.43. The fraction of sp³-hybridized carbons (Fsp3) is 0.211. The molecule has 1 fully saturated rings. The summed E-state index contributed by atoms with van der Waals surface area (Å²) in [6.07, 6.45) is 1.28. The van der Waals surface area contributed by atoms with Gasteiger partial charge in [0.2, 0.25) is 0 Å². The number of hydrogen-bond donors (Lipinski definition) is 1. The van der Waals surface area contributed by atoms with Gasteiger partial charge in [-0.2, -0.15) is 4.68 Å². The van der Waals surface area contributed by atoms with Crippen LogP contribution in [-0.4, -0.2) is 50.8 Å². The van der Waals surface area contributed by atoms with Crippen molar-refractivity contribution in [1.82, 2.24) is 24.5 Å². The summed E-state index contributed by atoms with van der Waals surface area (Å²) in [4.78, 5) is 25.0. The molecule has 10 nitrogen and oxygen atoms in total. The van der Waals surface area contributed by atoms with Crippen molar-refractivity contribution in [3.63, 3.8) is 0 Å². The molecule has 158 valence electrons. The molecule has 0 saturated heterocycles. The molecule has 0 unspecified atom stereocenters. The van der Waals surface area contributed by atoms with Crippen LogP contribution >= 0.6 is 0 Å². The predicted molar refractivity (Wildman–Crippen MR) is 105 cm³/mol. The van der Waals surface area contributed by atoms with E-state index in [9.17, 15) is 22.4 Å². The fourth-order valence-corrected chi connectivity index (χ4v) is 5.31. The molecule has 5 rings (SSSR count). The van der Waals surface area contributed by atoms with Crippen LogP contribution < -0.4 is 5.32 Å². The number of carbonyl (C=O) groups is 2. The van der Waals surface area contributed by atoms with Gasteiger partial charge in [0.15, 0.2) is 5.82 Å². The van der Waals surface area contributed by atoms with Gasteiger partial charge < -0.3 is 5.32 Å². The van der Waals surface area contributed by atoms with Crippen LogP contribution in [0, 0.1) is 12.7 Å². The Kier molecular flexibility index (Phi) is 4.15. The third-order valence-corrected chi connectivity index (χ3v) is 7.02. The second kappa shape index (κ2) is 6.67. The molecule has 2 amide bonds. The summed E-state index contributed by atoms with van der Waals surface area (Å²) in [7, 11) is -3.98. The molecule has 2 aliphatic rings. The van der Waals surface area contributed by atoms with Crippen molar-refractivity contribution in [3.8, 4) is 5.69 Å². The van der Waals surface area contributed by atoms with E-state index in [1.807, 2.05) is 0 Å². The zero-order valence-electron chi connectivity index (χ0n) is 16.1. The first-order valence-corrected chi connectivity index (χ1v) is 10.8. The first kappa shape index (κ1) is 19.3. The van der Waals surface area contributed by atoms with Crippen molar-refractivity contribution in [2.75, 3.05) is 5.32 Å². The maximum absolute atomic E-state index is 14.2. The Balaban J connectivity index is 1.45. The second-order valence-electron chi connectivity index (χ2n) is 7.31. The Morgan fingerprint density at radius 1 is 1.19 bits per heavy atom. The van der Waals surface area contributed by atoms with Gasteiger partial charge in [-0.05, 0) is 66.6 Å². The minimum Gasteiger partial charge on any atom is -0.322 e. The number of halogens is 1. The van der Waals surface area contributed by atoms with E-state index in [2.05, 4.69) is 20.8 Å². The van der Waals surface area contributed by atoms with Crippen LogP contribution in [0.1, 0.15) is 39.4 Å². The Morgan fingerprint density at radius 2 is 1.97 bits per heavy atom. The van der Waals surface area contributed by atoms with E-state index in [0.717, 1.165) is 10.4 Å². The molecule has 1 aliphatic carbocycles. The lowest BCUT2D eigenvalue weighted by Gasteiger charge is -2.13. The molecule has 1 saturated carbocycles. The minimum absolute atomic E-state index is 0.0440. The normalized spacial score (nSPS) is 17.0. The number of anilines is 1. The van der Waals surface area contributed by atoms with E-state index in [-0.39, 0.29) is 33.4 Å². The number of tetrazole rings is 1. The van der Waals surface area contributed by atoms with Crippen LogP contribution in [0.15, 0.2) is 41.3 Å². The largest absolute Gasteiger partial charge is 0.322 e. The number of sulfonamides is 1. The number of fused-ring (bicyclic) bond motifs is 1. The third kappa shape index (κ3) is 3.06. The number of benzene rings is 2. The standard InChI is InChI=1S/C19H15FN6O4S/c1-10-22-23-24-25(10)16-9-12(3-7-15(16)20)21-18(27)11-2-6-14-17(8-11)31(29,30)26(19(14)28)13-4-5-13/h2-3,6-9,13H,4-5H2,1H3,(H,21,27). The van der Waals surface area contributed by atoms with Gasteiger partial charge in [0.25, 0.3) is 21.8 Å². The van der Waals surface area contributed by atoms with Gasteiger partial charge in [0, 0.05) is 17.3 Å². The van der Waals surface area contributed by atoms with Gasteiger partial charge in [-0.15, -0.1) is 5.10 Å². The number of nitrogens with zero attached hydrogens (tertiary/aromatic N) is 5. The molecular formula is C19H15FN6O4S. The van der Waals surface area contributed by atoms with Gasteiger partial charge in [0.1, 0.15) is 16.4 Å². The van der Waals surface area contributed by atoms with Gasteiger partial charge >= 0.3 is 0 Å². The molecule has 1 aromatic heterocycles. The number of amides is 2. The Bertz CT molecular complexity index is 1370. The average molecular weight is 442 g/mol. The fourth-order valence-electron chi connectivity index (χ4n) is 3.47. The molecule has 1 N–H and O–H groups in total. The molecule has 2 aromatic carbocycles. The molecule has 1 aliphatic heterocycles. The van der Waals surface area contributed by atoms with Gasteiger partial charge in [-0.3, -0.25) is 9.59 Å². The van der Waals surface area contributed by atoms with Gasteiger partial charge in [-0.1, -0.05) is 0 Å². The van der Waals surface area contributed by atoms with E-state index in [1.165, 1.54) is 35.0 Å². The molecule has 2 heterocycles. The zero-order valence-corrected chi connectivity index (χ0v) is 16.9. The number of hydrogen-bond acceptors (Lipinski definition) is 7. The van der Waals surface area contributed by atoms with Crippen molar-refractivity contribution >= 4 is 27.5 Å². The zero-order chi connectivity index (χ0) is 21.9. The van der Waals surface area contributed by atoms with E-state index in [4.69, 9.17) is 0 Å². The molecule has 12 heteroatoms. The predicted octanol–water partition coefficient (Wildman–Crippen LogP) is 1.67. The molecule has 3 aromatic rings. The molecule has 31 heavy (non-hydrogen) atoms. The highest BCUT2D eigenvalue weighted by Gasteiger charge is 2.48. The summed E-state index contributed by atoms with van der Waals surface area (Å²) in [5.41, 5.74) is 0.414. The van der Waals surface area contributed by atoms with Crippen LogP contribution in [0.5, 0.6) is 0 Å². The lowest BCUT2D eigenvalue weighted by molar-refractivity contribution is 0.0864. The summed E-state index contributed by atoms with van der Waals surface area (Å²) >= 11 is 0. The monoisotopic (exact) mass is 442 g/mol. The lowest BCUT2D eigenvalue weighted by atomic mass is 10.1. The summed E-state index contributed by atoms with van der Waals surface area (Å²) < 4.78 is 41.8. The number of aromatic nitrogens is 4. The van der Waals surface area contributed by atoms with E-state index < -0.39 is 27.7 Å². The van der Waals surface area contributed by atoms with E-state index in [0.29, 0.717) is 18.7 Å². The highest BCUT2D eigenvalue weighted by atomic mass is 32.2. The first-order valence-electron chi connectivity index (χ1n) is 9.36. The highest BCUT2D eigenvalue weighted by Crippen LogP contribution is 2.39. The first-order chi connectivity index (χ1) is 14.8. The van der Waals surface area contributed by atoms with Crippen molar-refractivity contribution in [2.45, 2.75) is 30.7 Å². The number of aryl methyl sites for hydroxylation is 1. The third-order valence-electron chi connectivity index (χ3n) is 5.15. The van der Waals surface area contributed by atoms with Crippen LogP contribution in [0.25, 0.3) is 5.69 Å². The summed E-state index contributed by atoms with van der Waals surface area (Å²) in [6, 6.07) is 7.48. The van der Waals surface area contributed by atoms with Gasteiger partial charge in [0.05, 0.1) is 5.56 Å². The number of rotatable bonds is 4. The number of nitrogens with one attached hydrogen (secondary N) is 1. The molecule has 0 radical (unpaired) electrons. The van der Waals surface area contributed by atoms with Crippen LogP contribution in [0.4, 0.5) is 10.1 Å². The van der Waals surface area contributed by atoms with Crippen LogP contribution in [0.3, 0.4) is 0 Å². The lowest BCUT2D eigenvalue weighted by Crippen LogP contribution is -2.31. The molecule has 0 atom stereocenters. The van der Waals surface area contributed by atoms with Crippen molar-refractivity contribution in [1.29, 1.82) is 0 Å². The quantitative estimate of drug-likeness (QED) is 0.651. The maximum Gasteiger partial charge on any atom is 0.269 e. The van der Waals surface area contributed by atoms with Crippen molar-refractivity contribution < 1.29 is 22.4 Å². The molecule has 0 bridgehead atoms. The van der Waals surface area contributed by atoms with E-state index in [1.54, 1.807) is 6.92 Å². The minimum atomic E-state index is -3.98.